The molecule has 0 nitrogen and oxygen atoms in total. The minimum absolute atomic E-state index is 0.670. The molecule has 93 valence electrons. The maximum absolute atomic E-state index is 3.06. The largest absolute Gasteiger partial charge is 0.0654 e. The third-order valence-electron chi connectivity index (χ3n) is 3.52. The summed E-state index contributed by atoms with van der Waals surface area (Å²) in [7, 11) is 0. The van der Waals surface area contributed by atoms with E-state index in [1.54, 1.807) is 0 Å². The first kappa shape index (κ1) is 12.9. The average Bonchev–Trinajstić information content (AvgIpc) is 2.46. The van der Waals surface area contributed by atoms with Crippen LogP contribution in [0.15, 0.2) is 48.5 Å². The van der Waals surface area contributed by atoms with Crippen LogP contribution >= 0.6 is 0 Å². The minimum Gasteiger partial charge on any atom is -0.0654 e. The summed E-state index contributed by atoms with van der Waals surface area (Å²) in [5.41, 5.74) is 4.01. The van der Waals surface area contributed by atoms with Crippen molar-refractivity contribution in [1.29, 1.82) is 0 Å². The summed E-state index contributed by atoms with van der Waals surface area (Å²) in [4.78, 5) is 0. The fraction of sp³-hybridized carbons (Fsp3) is 0.333. The molecule has 0 saturated carbocycles. The Bertz CT molecular complexity index is 453. The zero-order chi connectivity index (χ0) is 12.8. The van der Waals surface area contributed by atoms with E-state index in [9.17, 15) is 0 Å². The SMILES string of the molecule is CCCCC(C)c1ccc(-c2cc[c]cc2)cc1. The van der Waals surface area contributed by atoms with Gasteiger partial charge in [0.2, 0.25) is 0 Å². The third-order valence-corrected chi connectivity index (χ3v) is 3.52. The molecular formula is C18H21. The van der Waals surface area contributed by atoms with Crippen LogP contribution in [0.4, 0.5) is 0 Å². The van der Waals surface area contributed by atoms with Gasteiger partial charge in [0.15, 0.2) is 0 Å². The van der Waals surface area contributed by atoms with Crippen LogP contribution in [0.25, 0.3) is 11.1 Å². The van der Waals surface area contributed by atoms with Gasteiger partial charge in [0.1, 0.15) is 0 Å². The van der Waals surface area contributed by atoms with Gasteiger partial charge in [-0.1, -0.05) is 75.2 Å². The molecule has 0 fully saturated rings. The Morgan fingerprint density at radius 1 is 0.944 bits per heavy atom. The van der Waals surface area contributed by atoms with Crippen molar-refractivity contribution in [3.05, 3.63) is 60.2 Å². The molecule has 0 aliphatic rings. The number of hydrogen-bond donors (Lipinski definition) is 0. The molecule has 0 bridgehead atoms. The summed E-state index contributed by atoms with van der Waals surface area (Å²) in [6, 6.07) is 20.2. The fourth-order valence-electron chi connectivity index (χ4n) is 2.26. The molecule has 0 N–H and O–H groups in total. The molecule has 2 rings (SSSR count). The van der Waals surface area contributed by atoms with Crippen LogP contribution in [-0.4, -0.2) is 0 Å². The highest BCUT2D eigenvalue weighted by atomic mass is 14.1. The van der Waals surface area contributed by atoms with Gasteiger partial charge in [-0.05, 0) is 35.1 Å². The first-order chi connectivity index (χ1) is 8.81. The van der Waals surface area contributed by atoms with E-state index in [-0.39, 0.29) is 0 Å². The Hall–Kier alpha value is -1.56. The summed E-state index contributed by atoms with van der Waals surface area (Å²) in [5.74, 6) is 0.670. The van der Waals surface area contributed by atoms with Gasteiger partial charge in [0.05, 0.1) is 0 Å². The summed E-state index contributed by atoms with van der Waals surface area (Å²) in [5, 5.41) is 0. The van der Waals surface area contributed by atoms with Crippen molar-refractivity contribution in [2.75, 3.05) is 0 Å². The Labute approximate surface area is 111 Å². The smallest absolute Gasteiger partial charge is 0.0184 e. The van der Waals surface area contributed by atoms with Gasteiger partial charge < -0.3 is 0 Å². The van der Waals surface area contributed by atoms with E-state index in [1.807, 2.05) is 12.1 Å². The van der Waals surface area contributed by atoms with Gasteiger partial charge in [-0.15, -0.1) is 0 Å². The molecule has 18 heavy (non-hydrogen) atoms. The Morgan fingerprint density at radius 2 is 1.56 bits per heavy atom. The maximum Gasteiger partial charge on any atom is -0.0184 e. The number of rotatable bonds is 5. The van der Waals surface area contributed by atoms with E-state index in [1.165, 1.54) is 36.0 Å². The summed E-state index contributed by atoms with van der Waals surface area (Å²) < 4.78 is 0. The van der Waals surface area contributed by atoms with Gasteiger partial charge in [-0.25, -0.2) is 0 Å². The van der Waals surface area contributed by atoms with Crippen LogP contribution in [0, 0.1) is 6.07 Å². The van der Waals surface area contributed by atoms with E-state index in [0.29, 0.717) is 5.92 Å². The first-order valence-electron chi connectivity index (χ1n) is 6.87. The van der Waals surface area contributed by atoms with Crippen LogP contribution in [0.5, 0.6) is 0 Å². The molecule has 0 aromatic heterocycles. The lowest BCUT2D eigenvalue weighted by atomic mass is 9.94. The molecule has 2 aromatic rings. The van der Waals surface area contributed by atoms with Crippen LogP contribution in [0.3, 0.4) is 0 Å². The van der Waals surface area contributed by atoms with Crippen molar-refractivity contribution in [3.8, 4) is 11.1 Å². The molecular weight excluding hydrogens is 216 g/mol. The number of benzene rings is 2. The molecule has 0 aliphatic carbocycles. The van der Waals surface area contributed by atoms with Crippen LogP contribution in [-0.2, 0) is 0 Å². The molecule has 1 unspecified atom stereocenters. The molecule has 1 radical (unpaired) electrons. The third kappa shape index (κ3) is 3.22. The highest BCUT2D eigenvalue weighted by Crippen LogP contribution is 2.25. The second kappa shape index (κ2) is 6.39. The van der Waals surface area contributed by atoms with Gasteiger partial charge in [-0.2, -0.15) is 0 Å². The molecule has 0 heterocycles. The molecule has 0 heteroatoms. The van der Waals surface area contributed by atoms with Crippen LogP contribution in [0.1, 0.15) is 44.6 Å². The second-order valence-electron chi connectivity index (χ2n) is 4.95. The van der Waals surface area contributed by atoms with Crippen molar-refractivity contribution in [3.63, 3.8) is 0 Å². The maximum atomic E-state index is 3.06. The summed E-state index contributed by atoms with van der Waals surface area (Å²) >= 11 is 0. The van der Waals surface area contributed by atoms with Gasteiger partial charge in [0, 0.05) is 0 Å². The molecule has 0 saturated heterocycles. The number of unbranched alkanes of at least 4 members (excludes halogenated alkanes) is 1. The van der Waals surface area contributed by atoms with E-state index in [0.717, 1.165) is 0 Å². The Kier molecular flexibility index (Phi) is 4.58. The highest BCUT2D eigenvalue weighted by Gasteiger charge is 2.05. The van der Waals surface area contributed by atoms with Crippen LogP contribution < -0.4 is 0 Å². The van der Waals surface area contributed by atoms with Gasteiger partial charge in [0.25, 0.3) is 0 Å². The lowest BCUT2D eigenvalue weighted by Gasteiger charge is -2.12. The van der Waals surface area contributed by atoms with Gasteiger partial charge in [-0.3, -0.25) is 0 Å². The zero-order valence-electron chi connectivity index (χ0n) is 11.3. The van der Waals surface area contributed by atoms with E-state index >= 15 is 0 Å². The van der Waals surface area contributed by atoms with E-state index in [4.69, 9.17) is 0 Å². The quantitative estimate of drug-likeness (QED) is 0.649. The number of hydrogen-bond acceptors (Lipinski definition) is 0. The average molecular weight is 237 g/mol. The predicted octanol–water partition coefficient (Wildman–Crippen LogP) is 5.45. The van der Waals surface area contributed by atoms with Crippen molar-refractivity contribution >= 4 is 0 Å². The monoisotopic (exact) mass is 237 g/mol. The molecule has 0 aliphatic heterocycles. The second-order valence-corrected chi connectivity index (χ2v) is 4.95. The predicted molar refractivity (Wildman–Crippen MR) is 78.7 cm³/mol. The molecule has 0 amide bonds. The van der Waals surface area contributed by atoms with E-state index in [2.05, 4.69) is 56.3 Å². The molecule has 1 atom stereocenters. The van der Waals surface area contributed by atoms with Crippen molar-refractivity contribution in [2.45, 2.75) is 39.0 Å². The van der Waals surface area contributed by atoms with Crippen molar-refractivity contribution in [1.82, 2.24) is 0 Å². The minimum atomic E-state index is 0.670. The summed E-state index contributed by atoms with van der Waals surface area (Å²) in [6.45, 7) is 4.57. The van der Waals surface area contributed by atoms with Gasteiger partial charge >= 0.3 is 0 Å². The lowest BCUT2D eigenvalue weighted by molar-refractivity contribution is 0.624. The topological polar surface area (TPSA) is 0 Å². The van der Waals surface area contributed by atoms with E-state index < -0.39 is 0 Å². The van der Waals surface area contributed by atoms with Crippen molar-refractivity contribution < 1.29 is 0 Å². The van der Waals surface area contributed by atoms with Crippen molar-refractivity contribution in [2.24, 2.45) is 0 Å². The fourth-order valence-corrected chi connectivity index (χ4v) is 2.26. The Balaban J connectivity index is 2.10. The standard InChI is InChI=1S/C18H21/c1-3-4-8-15(2)16-11-13-18(14-12-16)17-9-6-5-7-10-17/h6-7,9-15H,3-4,8H2,1-2H3. The highest BCUT2D eigenvalue weighted by molar-refractivity contribution is 5.63. The molecule has 2 aromatic carbocycles. The normalized spacial score (nSPS) is 12.3. The summed E-state index contributed by atoms with van der Waals surface area (Å²) in [6.07, 6.45) is 3.89. The molecule has 0 spiro atoms. The van der Waals surface area contributed by atoms with Crippen LogP contribution in [0.2, 0.25) is 0 Å². The Morgan fingerprint density at radius 3 is 2.17 bits per heavy atom. The zero-order valence-corrected chi connectivity index (χ0v) is 11.3. The first-order valence-corrected chi connectivity index (χ1v) is 6.87. The lowest BCUT2D eigenvalue weighted by Crippen LogP contribution is -1.93.